The van der Waals surface area contributed by atoms with Gasteiger partial charge in [-0.2, -0.15) is 5.26 Å². The van der Waals surface area contributed by atoms with Crippen LogP contribution in [0.2, 0.25) is 5.02 Å². The Kier molecular flexibility index (Phi) is 9.43. The number of aromatic nitrogens is 1. The van der Waals surface area contributed by atoms with Gasteiger partial charge in [0, 0.05) is 62.1 Å². The van der Waals surface area contributed by atoms with Crippen molar-refractivity contribution in [3.63, 3.8) is 0 Å². The third-order valence-electron chi connectivity index (χ3n) is 9.89. The number of urea groups is 1. The fourth-order valence-corrected chi connectivity index (χ4v) is 7.29. The van der Waals surface area contributed by atoms with Gasteiger partial charge < -0.3 is 24.9 Å². The summed E-state index contributed by atoms with van der Waals surface area (Å²) in [5.74, 6) is -1.76. The van der Waals surface area contributed by atoms with Crippen molar-refractivity contribution < 1.29 is 28.8 Å². The number of nitrogens with zero attached hydrogens (tertiary/aromatic N) is 7. The van der Waals surface area contributed by atoms with Gasteiger partial charge in [-0.05, 0) is 62.7 Å². The number of carbonyl (C=O) groups excluding carboxylic acids is 5. The predicted octanol–water partition coefficient (Wildman–Crippen LogP) is 3.25. The highest BCUT2D eigenvalue weighted by Gasteiger charge is 2.45. The molecule has 1 unspecified atom stereocenters. The van der Waals surface area contributed by atoms with Gasteiger partial charge in [0.1, 0.15) is 12.1 Å². The summed E-state index contributed by atoms with van der Waals surface area (Å²) in [6.45, 7) is 7.34. The molecule has 3 fully saturated rings. The van der Waals surface area contributed by atoms with Crippen LogP contribution in [-0.4, -0.2) is 107 Å². The Hall–Kier alpha value is -5.72. The standard InChI is InChI=1S/C36H36ClN9O6/c1-21-20-45(22(2)19-44(21)26-5-3-23(17-38)29(37)16-26)36(51)40-24-4-10-32(39-18-24)52-43-13-11-42(12-14-43)25-6-7-27-28(15-25)35(50)46(34(27)49)30-8-9-31(47)41-33(30)48/h3-7,10,15-16,18,21-22,30H,8-9,11-14,19-20H2,1-2H3,(H,40,51)(H,41,47,48)/t21-,22+,30?/m0/s1. The lowest BCUT2D eigenvalue weighted by Gasteiger charge is -2.45. The van der Waals surface area contributed by atoms with Crippen molar-refractivity contribution >= 4 is 58.3 Å². The van der Waals surface area contributed by atoms with Crippen LogP contribution in [0.1, 0.15) is 53.0 Å². The second kappa shape index (κ2) is 14.1. The maximum atomic E-state index is 13.3. The lowest BCUT2D eigenvalue weighted by Crippen LogP contribution is -2.59. The van der Waals surface area contributed by atoms with Crippen LogP contribution in [0.3, 0.4) is 0 Å². The molecule has 268 valence electrons. The van der Waals surface area contributed by atoms with Crippen LogP contribution in [0, 0.1) is 11.3 Å². The number of hydrogen-bond acceptors (Lipinski definition) is 11. The van der Waals surface area contributed by atoms with Gasteiger partial charge in [0.2, 0.25) is 17.7 Å². The number of fused-ring (bicyclic) bond motifs is 1. The summed E-state index contributed by atoms with van der Waals surface area (Å²) >= 11 is 6.27. The first kappa shape index (κ1) is 34.7. The van der Waals surface area contributed by atoms with Crippen molar-refractivity contribution in [2.45, 2.75) is 44.8 Å². The van der Waals surface area contributed by atoms with Crippen molar-refractivity contribution in [3.05, 3.63) is 76.4 Å². The van der Waals surface area contributed by atoms with Gasteiger partial charge in [-0.3, -0.25) is 29.4 Å². The molecule has 4 aliphatic rings. The quantitative estimate of drug-likeness (QED) is 0.358. The van der Waals surface area contributed by atoms with Crippen LogP contribution in [0.15, 0.2) is 54.7 Å². The number of benzene rings is 2. The molecule has 2 aromatic carbocycles. The van der Waals surface area contributed by atoms with Crippen LogP contribution in [0.25, 0.3) is 0 Å². The topological polar surface area (TPSA) is 172 Å². The van der Waals surface area contributed by atoms with Crippen LogP contribution in [-0.2, 0) is 9.59 Å². The van der Waals surface area contributed by atoms with Crippen molar-refractivity contribution in [2.24, 2.45) is 0 Å². The van der Waals surface area contributed by atoms with E-state index in [9.17, 15) is 29.2 Å². The molecule has 52 heavy (non-hydrogen) atoms. The lowest BCUT2D eigenvalue weighted by atomic mass is 10.0. The number of nitrogens with one attached hydrogen (secondary N) is 2. The first-order valence-corrected chi connectivity index (χ1v) is 17.4. The fourth-order valence-electron chi connectivity index (χ4n) is 7.07. The summed E-state index contributed by atoms with van der Waals surface area (Å²) in [6, 6.07) is 14.6. The van der Waals surface area contributed by atoms with Crippen molar-refractivity contribution in [2.75, 3.05) is 54.4 Å². The number of pyridine rings is 1. The van der Waals surface area contributed by atoms with Gasteiger partial charge in [-0.1, -0.05) is 11.6 Å². The van der Waals surface area contributed by atoms with E-state index >= 15 is 0 Å². The molecule has 3 aromatic rings. The molecule has 2 N–H and O–H groups in total. The molecule has 0 spiro atoms. The SMILES string of the molecule is C[C@@H]1CN(c2ccc(C#N)c(Cl)c2)[C@@H](C)CN1C(=O)Nc1ccc(ON2CCN(c3ccc4c(c3)C(=O)N(C3CCC(=O)NC3=O)C4=O)CC2)nc1. The monoisotopic (exact) mass is 725 g/mol. The molecule has 7 rings (SSSR count). The third-order valence-corrected chi connectivity index (χ3v) is 10.2. The molecule has 15 nitrogen and oxygen atoms in total. The number of nitriles is 1. The molecule has 0 radical (unpaired) electrons. The summed E-state index contributed by atoms with van der Waals surface area (Å²) < 4.78 is 0. The zero-order chi connectivity index (χ0) is 36.7. The Balaban J connectivity index is 0.901. The summed E-state index contributed by atoms with van der Waals surface area (Å²) in [5, 5.41) is 16.5. The van der Waals surface area contributed by atoms with E-state index in [0.717, 1.165) is 16.3 Å². The van der Waals surface area contributed by atoms with E-state index in [2.05, 4.69) is 31.5 Å². The average molecular weight is 726 g/mol. The number of hydrogen-bond donors (Lipinski definition) is 2. The summed E-state index contributed by atoms with van der Waals surface area (Å²) in [6.07, 6.45) is 1.72. The van der Waals surface area contributed by atoms with Crippen molar-refractivity contribution in [1.82, 2.24) is 25.2 Å². The summed E-state index contributed by atoms with van der Waals surface area (Å²) in [7, 11) is 0. The van der Waals surface area contributed by atoms with Gasteiger partial charge in [-0.15, -0.1) is 5.06 Å². The molecular weight excluding hydrogens is 690 g/mol. The molecule has 3 atom stereocenters. The largest absolute Gasteiger partial charge is 0.386 e. The maximum Gasteiger partial charge on any atom is 0.322 e. The Labute approximate surface area is 304 Å². The van der Waals surface area contributed by atoms with Gasteiger partial charge in [0.25, 0.3) is 11.8 Å². The van der Waals surface area contributed by atoms with E-state index in [4.69, 9.17) is 16.4 Å². The average Bonchev–Trinajstić information content (AvgIpc) is 3.38. The number of piperazine rings is 2. The second-order valence-corrected chi connectivity index (χ2v) is 13.7. The fraction of sp³-hybridized carbons (Fsp3) is 0.361. The Bertz CT molecular complexity index is 1990. The van der Waals surface area contributed by atoms with Crippen LogP contribution in [0.4, 0.5) is 21.9 Å². The first-order valence-electron chi connectivity index (χ1n) is 17.0. The highest BCUT2D eigenvalue weighted by molar-refractivity contribution is 6.32. The number of imide groups is 2. The van der Waals surface area contributed by atoms with E-state index in [-0.39, 0.29) is 42.1 Å². The highest BCUT2D eigenvalue weighted by atomic mass is 35.5. The molecular formula is C36H36ClN9O6. The van der Waals surface area contributed by atoms with E-state index in [0.29, 0.717) is 61.4 Å². The summed E-state index contributed by atoms with van der Waals surface area (Å²) in [5.41, 5.74) is 3.11. The third kappa shape index (κ3) is 6.70. The lowest BCUT2D eigenvalue weighted by molar-refractivity contribution is -0.136. The Morgan fingerprint density at radius 2 is 1.69 bits per heavy atom. The van der Waals surface area contributed by atoms with Crippen LogP contribution >= 0.6 is 11.6 Å². The zero-order valence-corrected chi connectivity index (χ0v) is 29.3. The van der Waals surface area contributed by atoms with Gasteiger partial charge in [-0.25, -0.2) is 9.78 Å². The minimum atomic E-state index is -1.01. The zero-order valence-electron chi connectivity index (χ0n) is 28.5. The molecule has 1 aromatic heterocycles. The smallest absolute Gasteiger partial charge is 0.322 e. The highest BCUT2D eigenvalue weighted by Crippen LogP contribution is 2.32. The van der Waals surface area contributed by atoms with Gasteiger partial charge in [0.15, 0.2) is 0 Å². The number of carbonyl (C=O) groups is 5. The minimum Gasteiger partial charge on any atom is -0.386 e. The van der Waals surface area contributed by atoms with Crippen LogP contribution in [0.5, 0.6) is 5.88 Å². The number of halogens is 1. The number of piperidine rings is 1. The van der Waals surface area contributed by atoms with E-state index in [1.807, 2.05) is 19.9 Å². The maximum absolute atomic E-state index is 13.3. The molecule has 16 heteroatoms. The molecule has 6 amide bonds. The number of anilines is 3. The number of hydroxylamine groups is 2. The molecule has 0 aliphatic carbocycles. The Morgan fingerprint density at radius 1 is 0.942 bits per heavy atom. The molecule has 3 saturated heterocycles. The Morgan fingerprint density at radius 3 is 2.38 bits per heavy atom. The van der Waals surface area contributed by atoms with Gasteiger partial charge >= 0.3 is 6.03 Å². The summed E-state index contributed by atoms with van der Waals surface area (Å²) in [4.78, 5) is 80.9. The minimum absolute atomic E-state index is 0.0186. The van der Waals surface area contributed by atoms with Crippen molar-refractivity contribution in [3.8, 4) is 11.9 Å². The molecule has 0 saturated carbocycles. The number of rotatable bonds is 6. The normalized spacial score (nSPS) is 22.2. The molecule has 5 heterocycles. The second-order valence-electron chi connectivity index (χ2n) is 13.3. The molecule has 0 bridgehead atoms. The van der Waals surface area contributed by atoms with E-state index in [1.165, 1.54) is 0 Å². The van der Waals surface area contributed by atoms with Crippen LogP contribution < -0.4 is 25.3 Å². The van der Waals surface area contributed by atoms with E-state index in [1.54, 1.807) is 58.6 Å². The molecule has 4 aliphatic heterocycles. The van der Waals surface area contributed by atoms with Crippen molar-refractivity contribution in [1.29, 1.82) is 5.26 Å². The van der Waals surface area contributed by atoms with E-state index < -0.39 is 29.7 Å². The van der Waals surface area contributed by atoms with Gasteiger partial charge in [0.05, 0.1) is 46.7 Å². The first-order chi connectivity index (χ1) is 25.0. The predicted molar refractivity (Wildman–Crippen MR) is 190 cm³/mol. The number of amides is 6.